The molecule has 2 aromatic heterocycles. The van der Waals surface area contributed by atoms with Crippen LogP contribution in [0.3, 0.4) is 0 Å². The van der Waals surface area contributed by atoms with Crippen molar-refractivity contribution in [1.82, 2.24) is 9.97 Å². The number of aromatic nitrogens is 2. The first-order chi connectivity index (χ1) is 13.4. The van der Waals surface area contributed by atoms with Crippen LogP contribution in [0.1, 0.15) is 36.7 Å². The number of alkyl halides is 3. The molecule has 2 aromatic rings. The number of anilines is 1. The average Bonchev–Trinajstić information content (AvgIpc) is 2.66. The minimum atomic E-state index is -4.76. The van der Waals surface area contributed by atoms with E-state index in [9.17, 15) is 26.4 Å². The molecule has 158 valence electrons. The van der Waals surface area contributed by atoms with Crippen LogP contribution in [0.4, 0.5) is 18.9 Å². The highest BCUT2D eigenvalue weighted by Crippen LogP contribution is 2.34. The number of halogens is 3. The summed E-state index contributed by atoms with van der Waals surface area (Å²) >= 11 is 0. The molecule has 0 bridgehead atoms. The maximum Gasteiger partial charge on any atom is 0.417 e. The highest BCUT2D eigenvalue weighted by Gasteiger charge is 2.34. The molecule has 0 fully saturated rings. The molecular weight excluding hydrogens is 407 g/mol. The number of nitrogens with zero attached hydrogens (tertiary/aromatic N) is 3. The van der Waals surface area contributed by atoms with Gasteiger partial charge in [-0.15, -0.1) is 0 Å². The quantitative estimate of drug-likeness (QED) is 0.667. The van der Waals surface area contributed by atoms with Gasteiger partial charge in [-0.1, -0.05) is 26.0 Å². The second-order valence-electron chi connectivity index (χ2n) is 5.91. The first-order valence-corrected chi connectivity index (χ1v) is 10.4. The summed E-state index contributed by atoms with van der Waals surface area (Å²) in [6.45, 7) is 9.02. The van der Waals surface area contributed by atoms with Crippen molar-refractivity contribution in [2.75, 3.05) is 17.7 Å². The van der Waals surface area contributed by atoms with Crippen molar-refractivity contribution in [3.05, 3.63) is 60.1 Å². The third-order valence-electron chi connectivity index (χ3n) is 3.38. The Balaban J connectivity index is 0.00000204. The summed E-state index contributed by atoms with van der Waals surface area (Å²) < 4.78 is 63.5. The highest BCUT2D eigenvalue weighted by molar-refractivity contribution is 7.90. The smallest absolute Gasteiger partial charge is 0.301 e. The van der Waals surface area contributed by atoms with Crippen molar-refractivity contribution in [3.8, 4) is 0 Å². The van der Waals surface area contributed by atoms with Crippen LogP contribution in [0.25, 0.3) is 0 Å². The average molecular weight is 429 g/mol. The van der Waals surface area contributed by atoms with Gasteiger partial charge in [0, 0.05) is 31.4 Å². The Kier molecular flexibility index (Phi) is 8.07. The fraction of sp³-hybridized carbons (Fsp3) is 0.316. The number of hydrogen-bond donors (Lipinski definition) is 0. The molecule has 0 aliphatic heterocycles. The molecule has 2 heterocycles. The molecule has 1 amide bonds. The molecule has 6 nitrogen and oxygen atoms in total. The zero-order chi connectivity index (χ0) is 22.4. The van der Waals surface area contributed by atoms with Crippen molar-refractivity contribution in [1.29, 1.82) is 0 Å². The molecule has 0 aliphatic rings. The van der Waals surface area contributed by atoms with Crippen LogP contribution < -0.4 is 4.90 Å². The summed E-state index contributed by atoms with van der Waals surface area (Å²) in [6.07, 6.45) is -0.875. The maximum absolute atomic E-state index is 13.1. The standard InChI is InChI=1S/C17H16F3N3O3S.C2H6/c1-11(2)10-23(16(24)12-5-4-6-21-8-12)14-7-13(17(18,19)20)9-22-15(14)27(3,25)26;1-2/h4-9H,1,10H2,2-3H3;1-2H3. The van der Waals surface area contributed by atoms with Crippen LogP contribution >= 0.6 is 0 Å². The van der Waals surface area contributed by atoms with Crippen LogP contribution in [0, 0.1) is 0 Å². The molecule has 0 saturated carbocycles. The van der Waals surface area contributed by atoms with Gasteiger partial charge in [-0.05, 0) is 25.1 Å². The topological polar surface area (TPSA) is 80.2 Å². The number of pyridine rings is 2. The molecule has 0 N–H and O–H groups in total. The maximum atomic E-state index is 13.1. The molecule has 0 aliphatic carbocycles. The van der Waals surface area contributed by atoms with Crippen LogP contribution in [0.2, 0.25) is 0 Å². The van der Waals surface area contributed by atoms with Crippen LogP contribution in [0.15, 0.2) is 54.0 Å². The summed E-state index contributed by atoms with van der Waals surface area (Å²) in [7, 11) is -4.01. The van der Waals surface area contributed by atoms with Crippen molar-refractivity contribution in [2.24, 2.45) is 0 Å². The predicted molar refractivity (Wildman–Crippen MR) is 104 cm³/mol. The summed E-state index contributed by atoms with van der Waals surface area (Å²) in [5.41, 5.74) is -1.13. The summed E-state index contributed by atoms with van der Waals surface area (Å²) in [5.74, 6) is -0.725. The van der Waals surface area contributed by atoms with E-state index < -0.39 is 38.2 Å². The highest BCUT2D eigenvalue weighted by atomic mass is 32.2. The first kappa shape index (κ1) is 24.3. The van der Waals surface area contributed by atoms with Gasteiger partial charge in [-0.25, -0.2) is 13.4 Å². The number of sulfone groups is 1. The van der Waals surface area contributed by atoms with Crippen LogP contribution in [0.5, 0.6) is 0 Å². The Morgan fingerprint density at radius 3 is 2.31 bits per heavy atom. The first-order valence-electron chi connectivity index (χ1n) is 8.55. The van der Waals surface area contributed by atoms with Gasteiger partial charge < -0.3 is 4.90 Å². The second kappa shape index (κ2) is 9.64. The van der Waals surface area contributed by atoms with E-state index in [2.05, 4.69) is 16.5 Å². The zero-order valence-corrected chi connectivity index (χ0v) is 17.3. The third-order valence-corrected chi connectivity index (χ3v) is 4.40. The molecule has 0 radical (unpaired) electrons. The van der Waals surface area contributed by atoms with E-state index >= 15 is 0 Å². The van der Waals surface area contributed by atoms with E-state index in [1.54, 1.807) is 6.92 Å². The molecule has 0 unspecified atom stereocenters. The minimum absolute atomic E-state index is 0.0793. The van der Waals surface area contributed by atoms with Crippen molar-refractivity contribution < 1.29 is 26.4 Å². The summed E-state index contributed by atoms with van der Waals surface area (Å²) in [5, 5.41) is -0.631. The lowest BCUT2D eigenvalue weighted by Crippen LogP contribution is -2.34. The molecule has 0 aromatic carbocycles. The molecule has 10 heteroatoms. The number of rotatable bonds is 5. The molecule has 0 spiro atoms. The normalized spacial score (nSPS) is 11.3. The van der Waals surface area contributed by atoms with E-state index in [-0.39, 0.29) is 12.1 Å². The molecular formula is C19H22F3N3O3S. The molecule has 0 atom stereocenters. The van der Waals surface area contributed by atoms with E-state index in [1.807, 2.05) is 13.8 Å². The Morgan fingerprint density at radius 1 is 1.24 bits per heavy atom. The van der Waals surface area contributed by atoms with Gasteiger partial charge in [0.25, 0.3) is 5.91 Å². The lowest BCUT2D eigenvalue weighted by Gasteiger charge is -2.25. The zero-order valence-electron chi connectivity index (χ0n) is 16.5. The van der Waals surface area contributed by atoms with Gasteiger partial charge >= 0.3 is 6.18 Å². The lowest BCUT2D eigenvalue weighted by molar-refractivity contribution is -0.137. The molecule has 0 saturated heterocycles. The SMILES string of the molecule is C=C(C)CN(C(=O)c1cccnc1)c1cc(C(F)(F)F)cnc1S(C)(=O)=O.CC. The van der Waals surface area contributed by atoms with E-state index in [1.165, 1.54) is 24.5 Å². The fourth-order valence-electron chi connectivity index (χ4n) is 2.26. The Morgan fingerprint density at radius 2 is 1.86 bits per heavy atom. The van der Waals surface area contributed by atoms with Gasteiger partial charge in [0.15, 0.2) is 14.9 Å². The van der Waals surface area contributed by atoms with E-state index in [0.717, 1.165) is 11.2 Å². The Bertz CT molecular complexity index is 975. The van der Waals surface area contributed by atoms with Crippen LogP contribution in [-0.2, 0) is 16.0 Å². The largest absolute Gasteiger partial charge is 0.417 e. The second-order valence-corrected chi connectivity index (χ2v) is 7.84. The van der Waals surface area contributed by atoms with Gasteiger partial charge in [-0.3, -0.25) is 9.78 Å². The van der Waals surface area contributed by atoms with Crippen molar-refractivity contribution >= 4 is 21.4 Å². The van der Waals surface area contributed by atoms with Gasteiger partial charge in [0.1, 0.15) is 0 Å². The minimum Gasteiger partial charge on any atom is -0.301 e. The van der Waals surface area contributed by atoms with Gasteiger partial charge in [0.2, 0.25) is 0 Å². The molecule has 29 heavy (non-hydrogen) atoms. The number of carbonyl (C=O) groups is 1. The van der Waals surface area contributed by atoms with Crippen molar-refractivity contribution in [2.45, 2.75) is 32.0 Å². The third kappa shape index (κ3) is 6.38. The van der Waals surface area contributed by atoms with E-state index in [4.69, 9.17) is 0 Å². The number of amides is 1. The Labute approximate surface area is 168 Å². The molecule has 2 rings (SSSR count). The summed E-state index contributed by atoms with van der Waals surface area (Å²) in [4.78, 5) is 21.0. The summed E-state index contributed by atoms with van der Waals surface area (Å²) in [6, 6.07) is 3.50. The number of carbonyl (C=O) groups excluding carboxylic acids is 1. The van der Waals surface area contributed by atoms with Gasteiger partial charge in [-0.2, -0.15) is 13.2 Å². The Hall–Kier alpha value is -2.75. The fourth-order valence-corrected chi connectivity index (χ4v) is 3.05. The van der Waals surface area contributed by atoms with Crippen LogP contribution in [-0.4, -0.2) is 37.1 Å². The van der Waals surface area contributed by atoms with Gasteiger partial charge in [0.05, 0.1) is 16.8 Å². The predicted octanol–water partition coefficient (Wildman–Crippen LogP) is 4.15. The monoisotopic (exact) mass is 429 g/mol. The van der Waals surface area contributed by atoms with E-state index in [0.29, 0.717) is 17.8 Å². The number of hydrogen-bond acceptors (Lipinski definition) is 5. The van der Waals surface area contributed by atoms with Crippen molar-refractivity contribution in [3.63, 3.8) is 0 Å². The lowest BCUT2D eigenvalue weighted by atomic mass is 10.2.